The Labute approximate surface area is 82.0 Å². The van der Waals surface area contributed by atoms with Crippen molar-refractivity contribution >= 4 is 17.7 Å². The van der Waals surface area contributed by atoms with E-state index < -0.39 is 6.09 Å². The Morgan fingerprint density at radius 1 is 1.71 bits per heavy atom. The molecule has 0 saturated carbocycles. The standard InChI is InChI=1S/C8H14N4O2/c1-3-4-12-5-10-6(9-2)7(12)11-8(13)14/h5,9,11H,3-4H2,1-2H3,(H,13,14). The van der Waals surface area contributed by atoms with Gasteiger partial charge in [0.1, 0.15) is 0 Å². The first-order chi connectivity index (χ1) is 6.69. The van der Waals surface area contributed by atoms with Crippen LogP contribution in [0.2, 0.25) is 0 Å². The van der Waals surface area contributed by atoms with E-state index in [9.17, 15) is 4.79 Å². The summed E-state index contributed by atoms with van der Waals surface area (Å²) in [4.78, 5) is 14.5. The van der Waals surface area contributed by atoms with Crippen LogP contribution in [0.1, 0.15) is 13.3 Å². The monoisotopic (exact) mass is 198 g/mol. The van der Waals surface area contributed by atoms with E-state index >= 15 is 0 Å². The average Bonchev–Trinajstić information content (AvgIpc) is 2.48. The van der Waals surface area contributed by atoms with Crippen molar-refractivity contribution in [3.05, 3.63) is 6.33 Å². The molecule has 14 heavy (non-hydrogen) atoms. The first-order valence-corrected chi connectivity index (χ1v) is 4.41. The first-order valence-electron chi connectivity index (χ1n) is 4.41. The van der Waals surface area contributed by atoms with Crippen LogP contribution in [0.25, 0.3) is 0 Å². The van der Waals surface area contributed by atoms with Crippen molar-refractivity contribution < 1.29 is 9.90 Å². The molecule has 3 N–H and O–H groups in total. The SMILES string of the molecule is CCCn1cnc(NC)c1NC(=O)O. The number of nitrogens with zero attached hydrogens (tertiary/aromatic N) is 2. The molecule has 0 unspecified atom stereocenters. The lowest BCUT2D eigenvalue weighted by molar-refractivity contribution is 0.209. The van der Waals surface area contributed by atoms with Crippen LogP contribution in [0.3, 0.4) is 0 Å². The molecule has 0 saturated heterocycles. The van der Waals surface area contributed by atoms with Gasteiger partial charge in [-0.05, 0) is 6.42 Å². The highest BCUT2D eigenvalue weighted by atomic mass is 16.4. The largest absolute Gasteiger partial charge is 0.465 e. The molecule has 0 spiro atoms. The Morgan fingerprint density at radius 2 is 2.43 bits per heavy atom. The molecule has 0 aliphatic rings. The van der Waals surface area contributed by atoms with E-state index in [1.807, 2.05) is 6.92 Å². The number of carbonyl (C=O) groups is 1. The van der Waals surface area contributed by atoms with Gasteiger partial charge in [0, 0.05) is 13.6 Å². The molecule has 78 valence electrons. The molecule has 1 heterocycles. The van der Waals surface area contributed by atoms with Gasteiger partial charge in [0.25, 0.3) is 0 Å². The quantitative estimate of drug-likeness (QED) is 0.683. The van der Waals surface area contributed by atoms with Crippen LogP contribution in [-0.4, -0.2) is 27.8 Å². The fourth-order valence-electron chi connectivity index (χ4n) is 1.21. The summed E-state index contributed by atoms with van der Waals surface area (Å²) in [6, 6.07) is 0. The second kappa shape index (κ2) is 4.50. The van der Waals surface area contributed by atoms with Gasteiger partial charge in [0.2, 0.25) is 0 Å². The van der Waals surface area contributed by atoms with Crippen LogP contribution < -0.4 is 10.6 Å². The molecule has 0 fully saturated rings. The molecular weight excluding hydrogens is 184 g/mol. The highest BCUT2D eigenvalue weighted by Gasteiger charge is 2.11. The summed E-state index contributed by atoms with van der Waals surface area (Å²) < 4.78 is 1.76. The molecule has 1 aromatic rings. The minimum atomic E-state index is -1.08. The maximum atomic E-state index is 10.5. The molecule has 1 aromatic heterocycles. The molecule has 6 nitrogen and oxygen atoms in total. The van der Waals surface area contributed by atoms with E-state index in [2.05, 4.69) is 15.6 Å². The van der Waals surface area contributed by atoms with E-state index in [4.69, 9.17) is 5.11 Å². The number of nitrogens with one attached hydrogen (secondary N) is 2. The molecule has 0 radical (unpaired) electrons. The summed E-state index contributed by atoms with van der Waals surface area (Å²) in [5.41, 5.74) is 0. The predicted octanol–water partition coefficient (Wildman–Crippen LogP) is 1.42. The number of aromatic nitrogens is 2. The topological polar surface area (TPSA) is 79.2 Å². The number of imidazole rings is 1. The smallest absolute Gasteiger partial charge is 0.410 e. The van der Waals surface area contributed by atoms with Gasteiger partial charge >= 0.3 is 6.09 Å². The minimum Gasteiger partial charge on any atom is -0.465 e. The van der Waals surface area contributed by atoms with Gasteiger partial charge in [0.05, 0.1) is 6.33 Å². The Morgan fingerprint density at radius 3 is 2.93 bits per heavy atom. The van der Waals surface area contributed by atoms with Gasteiger partial charge in [-0.3, -0.25) is 5.32 Å². The highest BCUT2D eigenvalue weighted by Crippen LogP contribution is 2.19. The van der Waals surface area contributed by atoms with E-state index in [1.165, 1.54) is 0 Å². The van der Waals surface area contributed by atoms with Crippen molar-refractivity contribution in [3.8, 4) is 0 Å². The van der Waals surface area contributed by atoms with Gasteiger partial charge in [-0.1, -0.05) is 6.92 Å². The zero-order valence-corrected chi connectivity index (χ0v) is 8.24. The van der Waals surface area contributed by atoms with Crippen molar-refractivity contribution in [2.45, 2.75) is 19.9 Å². The number of hydrogen-bond acceptors (Lipinski definition) is 3. The summed E-state index contributed by atoms with van der Waals surface area (Å²) in [6.07, 6.45) is 1.45. The fourth-order valence-corrected chi connectivity index (χ4v) is 1.21. The Bertz CT molecular complexity index is 321. The third-order valence-electron chi connectivity index (χ3n) is 1.76. The summed E-state index contributed by atoms with van der Waals surface area (Å²) in [6.45, 7) is 2.76. The Hall–Kier alpha value is -1.72. The van der Waals surface area contributed by atoms with Crippen LogP contribution in [0.4, 0.5) is 16.4 Å². The molecular formula is C8H14N4O2. The first kappa shape index (κ1) is 10.4. The van der Waals surface area contributed by atoms with Gasteiger partial charge < -0.3 is 15.0 Å². The summed E-state index contributed by atoms with van der Waals surface area (Å²) in [5.74, 6) is 1.03. The lowest BCUT2D eigenvalue weighted by atomic mass is 10.4. The molecule has 0 aliphatic heterocycles. The molecule has 0 aromatic carbocycles. The van der Waals surface area contributed by atoms with Crippen LogP contribution >= 0.6 is 0 Å². The molecule has 1 amide bonds. The molecule has 0 bridgehead atoms. The van der Waals surface area contributed by atoms with Crippen molar-refractivity contribution in [2.75, 3.05) is 17.7 Å². The van der Waals surface area contributed by atoms with E-state index in [0.717, 1.165) is 13.0 Å². The van der Waals surface area contributed by atoms with E-state index in [-0.39, 0.29) is 0 Å². The average molecular weight is 198 g/mol. The van der Waals surface area contributed by atoms with Crippen LogP contribution in [-0.2, 0) is 6.54 Å². The third-order valence-corrected chi connectivity index (χ3v) is 1.76. The zero-order valence-electron chi connectivity index (χ0n) is 8.24. The van der Waals surface area contributed by atoms with Crippen molar-refractivity contribution in [1.29, 1.82) is 0 Å². The second-order valence-electron chi connectivity index (χ2n) is 2.82. The summed E-state index contributed by atoms with van der Waals surface area (Å²) >= 11 is 0. The van der Waals surface area contributed by atoms with Crippen LogP contribution in [0, 0.1) is 0 Å². The Kier molecular flexibility index (Phi) is 3.33. The third kappa shape index (κ3) is 2.15. The maximum absolute atomic E-state index is 10.5. The van der Waals surface area contributed by atoms with Gasteiger partial charge in [-0.25, -0.2) is 9.78 Å². The lowest BCUT2D eigenvalue weighted by Crippen LogP contribution is -2.13. The van der Waals surface area contributed by atoms with E-state index in [0.29, 0.717) is 11.6 Å². The number of carboxylic acid groups (broad SMARTS) is 1. The lowest BCUT2D eigenvalue weighted by Gasteiger charge is -2.07. The molecule has 0 atom stereocenters. The zero-order chi connectivity index (χ0) is 10.6. The van der Waals surface area contributed by atoms with Gasteiger partial charge in [-0.15, -0.1) is 0 Å². The fraction of sp³-hybridized carbons (Fsp3) is 0.500. The van der Waals surface area contributed by atoms with E-state index in [1.54, 1.807) is 17.9 Å². The molecule has 0 aliphatic carbocycles. The maximum Gasteiger partial charge on any atom is 0.410 e. The van der Waals surface area contributed by atoms with Crippen molar-refractivity contribution in [3.63, 3.8) is 0 Å². The highest BCUT2D eigenvalue weighted by molar-refractivity contribution is 5.85. The van der Waals surface area contributed by atoms with Crippen LogP contribution in [0.5, 0.6) is 0 Å². The van der Waals surface area contributed by atoms with Crippen molar-refractivity contribution in [2.24, 2.45) is 0 Å². The predicted molar refractivity (Wildman–Crippen MR) is 53.7 cm³/mol. The molecule has 6 heteroatoms. The number of aryl methyl sites for hydroxylation is 1. The summed E-state index contributed by atoms with van der Waals surface area (Å²) in [7, 11) is 1.70. The Balaban J connectivity index is 2.93. The minimum absolute atomic E-state index is 0.488. The van der Waals surface area contributed by atoms with Crippen molar-refractivity contribution in [1.82, 2.24) is 9.55 Å². The van der Waals surface area contributed by atoms with Gasteiger partial charge in [0.15, 0.2) is 11.6 Å². The normalized spacial score (nSPS) is 9.86. The number of anilines is 2. The number of amides is 1. The second-order valence-corrected chi connectivity index (χ2v) is 2.82. The van der Waals surface area contributed by atoms with Crippen LogP contribution in [0.15, 0.2) is 6.33 Å². The van der Waals surface area contributed by atoms with Gasteiger partial charge in [-0.2, -0.15) is 0 Å². The number of rotatable bonds is 4. The number of hydrogen-bond donors (Lipinski definition) is 3. The summed E-state index contributed by atoms with van der Waals surface area (Å²) in [5, 5.41) is 13.8. The molecule has 1 rings (SSSR count).